The normalized spacial score (nSPS) is 31.7. The molecular weight excluding hydrogens is 374 g/mol. The Kier molecular flexibility index (Phi) is 5.94. The number of carbonyl (C=O) groups is 1. The molecule has 0 bridgehead atoms. The van der Waals surface area contributed by atoms with E-state index in [-0.39, 0.29) is 19.1 Å². The van der Waals surface area contributed by atoms with E-state index in [0.717, 1.165) is 11.1 Å². The van der Waals surface area contributed by atoms with Gasteiger partial charge in [-0.1, -0.05) is 60.7 Å². The summed E-state index contributed by atoms with van der Waals surface area (Å²) < 4.78 is 17.4. The Morgan fingerprint density at radius 3 is 2.34 bits per heavy atom. The first-order valence-corrected chi connectivity index (χ1v) is 9.69. The molecular formula is C22H25NO6. The van der Waals surface area contributed by atoms with Crippen molar-refractivity contribution in [2.45, 2.75) is 50.4 Å². The van der Waals surface area contributed by atoms with Gasteiger partial charge in [-0.15, -0.1) is 0 Å². The largest absolute Gasteiger partial charge is 0.388 e. The minimum Gasteiger partial charge on any atom is -0.388 e. The molecule has 0 radical (unpaired) electrons. The van der Waals surface area contributed by atoms with E-state index in [4.69, 9.17) is 14.2 Å². The smallest absolute Gasteiger partial charge is 0.220 e. The number of nitrogens with zero attached hydrogens (tertiary/aromatic N) is 1. The lowest BCUT2D eigenvalue weighted by Crippen LogP contribution is -2.66. The van der Waals surface area contributed by atoms with E-state index in [9.17, 15) is 15.0 Å². The summed E-state index contributed by atoms with van der Waals surface area (Å²) in [5, 5.41) is 21.7. The van der Waals surface area contributed by atoms with Gasteiger partial charge in [0.05, 0.1) is 6.61 Å². The number of hydrogen-bond acceptors (Lipinski definition) is 6. The summed E-state index contributed by atoms with van der Waals surface area (Å²) in [7, 11) is 0. The molecule has 2 fully saturated rings. The van der Waals surface area contributed by atoms with Crippen LogP contribution in [0.2, 0.25) is 0 Å². The average molecular weight is 399 g/mol. The summed E-state index contributed by atoms with van der Waals surface area (Å²) in [6, 6.07) is 17.9. The van der Waals surface area contributed by atoms with Gasteiger partial charge in [-0.3, -0.25) is 4.79 Å². The third-order valence-electron chi connectivity index (χ3n) is 5.38. The summed E-state index contributed by atoms with van der Waals surface area (Å²) in [5.41, 5.74) is 1.72. The lowest BCUT2D eigenvalue weighted by Gasteiger charge is -2.49. The second-order valence-corrected chi connectivity index (χ2v) is 7.36. The third-order valence-corrected chi connectivity index (χ3v) is 5.38. The van der Waals surface area contributed by atoms with Crippen molar-refractivity contribution in [1.29, 1.82) is 0 Å². The van der Waals surface area contributed by atoms with Gasteiger partial charge >= 0.3 is 0 Å². The Morgan fingerprint density at radius 2 is 1.69 bits per heavy atom. The zero-order valence-electron chi connectivity index (χ0n) is 16.1. The molecule has 7 heteroatoms. The Hall–Kier alpha value is -2.29. The first-order valence-electron chi connectivity index (χ1n) is 9.69. The van der Waals surface area contributed by atoms with Crippen molar-refractivity contribution >= 4 is 5.91 Å². The highest BCUT2D eigenvalue weighted by Crippen LogP contribution is 2.35. The summed E-state index contributed by atoms with van der Waals surface area (Å²) in [6.07, 6.45) is -4.49. The fourth-order valence-corrected chi connectivity index (χ4v) is 3.92. The van der Waals surface area contributed by atoms with Crippen LogP contribution in [0.5, 0.6) is 0 Å². The number of rotatable bonds is 4. The van der Waals surface area contributed by atoms with Crippen LogP contribution in [0.3, 0.4) is 0 Å². The Bertz CT molecular complexity index is 817. The standard InChI is InChI=1S/C22H25NO6/c1-14(24)23(12-15-8-4-2-5-9-15)18-19(25)20-17(28-21(18)26)13-27-22(29-20)16-10-6-3-7-11-16/h2-11,17-22,25-26H,12-13H2,1H3/t17-,18-,19-,20-,21+,22?/m1/s1. The lowest BCUT2D eigenvalue weighted by molar-refractivity contribution is -0.345. The van der Waals surface area contributed by atoms with Gasteiger partial charge in [0.2, 0.25) is 5.91 Å². The number of amides is 1. The fourth-order valence-electron chi connectivity index (χ4n) is 3.92. The van der Waals surface area contributed by atoms with Gasteiger partial charge in [0.1, 0.15) is 24.4 Å². The van der Waals surface area contributed by atoms with Gasteiger partial charge < -0.3 is 29.3 Å². The molecule has 0 aromatic heterocycles. The fraction of sp³-hybridized carbons (Fsp3) is 0.409. The molecule has 1 unspecified atom stereocenters. The van der Waals surface area contributed by atoms with Crippen molar-refractivity contribution in [2.24, 2.45) is 0 Å². The molecule has 6 atom stereocenters. The molecule has 0 saturated carbocycles. The highest BCUT2D eigenvalue weighted by molar-refractivity contribution is 5.73. The minimum absolute atomic E-state index is 0.170. The van der Waals surface area contributed by atoms with E-state index in [0.29, 0.717) is 0 Å². The topological polar surface area (TPSA) is 88.5 Å². The molecule has 29 heavy (non-hydrogen) atoms. The molecule has 154 valence electrons. The monoisotopic (exact) mass is 399 g/mol. The number of carbonyl (C=O) groups excluding carboxylic acids is 1. The van der Waals surface area contributed by atoms with Crippen LogP contribution < -0.4 is 0 Å². The van der Waals surface area contributed by atoms with Gasteiger partial charge in [0.25, 0.3) is 0 Å². The maximum Gasteiger partial charge on any atom is 0.220 e. The van der Waals surface area contributed by atoms with Crippen molar-refractivity contribution in [3.63, 3.8) is 0 Å². The predicted molar refractivity (Wildman–Crippen MR) is 103 cm³/mol. The number of aliphatic hydroxyl groups excluding tert-OH is 2. The summed E-state index contributed by atoms with van der Waals surface area (Å²) in [5.74, 6) is -0.273. The van der Waals surface area contributed by atoms with Gasteiger partial charge in [0.15, 0.2) is 12.6 Å². The molecule has 2 aliphatic rings. The van der Waals surface area contributed by atoms with Crippen LogP contribution in [0.4, 0.5) is 0 Å². The molecule has 2 aromatic rings. The quantitative estimate of drug-likeness (QED) is 0.812. The van der Waals surface area contributed by atoms with E-state index < -0.39 is 36.9 Å². The van der Waals surface area contributed by atoms with E-state index in [1.165, 1.54) is 11.8 Å². The van der Waals surface area contributed by atoms with E-state index in [2.05, 4.69) is 0 Å². The molecule has 0 aliphatic carbocycles. The van der Waals surface area contributed by atoms with Crippen molar-refractivity contribution in [3.05, 3.63) is 71.8 Å². The summed E-state index contributed by atoms with van der Waals surface area (Å²) in [4.78, 5) is 13.8. The molecule has 2 aliphatic heterocycles. The van der Waals surface area contributed by atoms with Crippen LogP contribution in [-0.2, 0) is 25.5 Å². The molecule has 2 aromatic carbocycles. The molecule has 2 heterocycles. The van der Waals surface area contributed by atoms with Gasteiger partial charge in [0, 0.05) is 19.0 Å². The van der Waals surface area contributed by atoms with Gasteiger partial charge in [-0.05, 0) is 5.56 Å². The Morgan fingerprint density at radius 1 is 1.03 bits per heavy atom. The zero-order chi connectivity index (χ0) is 20.4. The highest BCUT2D eigenvalue weighted by Gasteiger charge is 2.51. The van der Waals surface area contributed by atoms with E-state index in [1.54, 1.807) is 0 Å². The van der Waals surface area contributed by atoms with Crippen molar-refractivity contribution < 1.29 is 29.2 Å². The third kappa shape index (κ3) is 4.19. The first-order chi connectivity index (χ1) is 14.0. The Balaban J connectivity index is 1.55. The average Bonchev–Trinajstić information content (AvgIpc) is 2.74. The SMILES string of the molecule is CC(=O)N(Cc1ccccc1)[C@@H]1[C@@H](O)[C@@H]2OC(c3ccccc3)OC[C@H]2O[C@@H]1O. The van der Waals surface area contributed by atoms with Crippen LogP contribution in [-0.4, -0.2) is 58.3 Å². The molecule has 0 spiro atoms. The van der Waals surface area contributed by atoms with Crippen molar-refractivity contribution in [2.75, 3.05) is 6.61 Å². The van der Waals surface area contributed by atoms with Crippen LogP contribution in [0.1, 0.15) is 24.3 Å². The van der Waals surface area contributed by atoms with Crippen molar-refractivity contribution in [1.82, 2.24) is 4.90 Å². The number of aliphatic hydroxyl groups is 2. The van der Waals surface area contributed by atoms with Crippen LogP contribution in [0, 0.1) is 0 Å². The predicted octanol–water partition coefficient (Wildman–Crippen LogP) is 1.60. The highest BCUT2D eigenvalue weighted by atomic mass is 16.7. The van der Waals surface area contributed by atoms with Gasteiger partial charge in [-0.25, -0.2) is 0 Å². The Labute approximate surface area is 169 Å². The second kappa shape index (κ2) is 8.61. The molecule has 4 rings (SSSR count). The lowest BCUT2D eigenvalue weighted by atomic mass is 9.94. The second-order valence-electron chi connectivity index (χ2n) is 7.36. The number of hydrogen-bond donors (Lipinski definition) is 2. The summed E-state index contributed by atoms with van der Waals surface area (Å²) in [6.45, 7) is 1.82. The van der Waals surface area contributed by atoms with Crippen LogP contribution in [0.15, 0.2) is 60.7 Å². The van der Waals surface area contributed by atoms with E-state index >= 15 is 0 Å². The molecule has 7 nitrogen and oxygen atoms in total. The first kappa shape index (κ1) is 20.0. The maximum atomic E-state index is 12.4. The number of benzene rings is 2. The maximum absolute atomic E-state index is 12.4. The molecule has 2 saturated heterocycles. The number of ether oxygens (including phenoxy) is 3. The molecule has 2 N–H and O–H groups in total. The molecule has 1 amide bonds. The zero-order valence-corrected chi connectivity index (χ0v) is 16.1. The summed E-state index contributed by atoms with van der Waals surface area (Å²) >= 11 is 0. The van der Waals surface area contributed by atoms with E-state index in [1.807, 2.05) is 60.7 Å². The minimum atomic E-state index is -1.35. The van der Waals surface area contributed by atoms with Gasteiger partial charge in [-0.2, -0.15) is 0 Å². The van der Waals surface area contributed by atoms with Crippen molar-refractivity contribution in [3.8, 4) is 0 Å². The van der Waals surface area contributed by atoms with Crippen LogP contribution in [0.25, 0.3) is 0 Å². The van der Waals surface area contributed by atoms with Crippen LogP contribution >= 0.6 is 0 Å². The number of fused-ring (bicyclic) bond motifs is 1.